The Bertz CT molecular complexity index is 447. The monoisotopic (exact) mass is 267 g/mol. The molecule has 0 aliphatic rings. The molecule has 0 unspecified atom stereocenters. The molecule has 0 radical (unpaired) electrons. The summed E-state index contributed by atoms with van der Waals surface area (Å²) in [4.78, 5) is 13.5. The quantitative estimate of drug-likeness (QED) is 0.787. The summed E-state index contributed by atoms with van der Waals surface area (Å²) < 4.78 is 7.28. The highest BCUT2D eigenvalue weighted by atomic mass is 16.5. The predicted octanol–water partition coefficient (Wildman–Crippen LogP) is 1.16. The van der Waals surface area contributed by atoms with E-state index in [2.05, 4.69) is 6.92 Å². The van der Waals surface area contributed by atoms with E-state index in [-0.39, 0.29) is 18.3 Å². The van der Waals surface area contributed by atoms with Gasteiger partial charge in [-0.15, -0.1) is 0 Å². The molecule has 5 heteroatoms. The fourth-order valence-corrected chi connectivity index (χ4v) is 1.66. The van der Waals surface area contributed by atoms with Gasteiger partial charge in [-0.1, -0.05) is 13.3 Å². The molecular formula is C14H23N2O3+. The maximum absolute atomic E-state index is 11.8. The molecule has 0 atom stereocenters. The highest BCUT2D eigenvalue weighted by molar-refractivity contribution is 5.77. The van der Waals surface area contributed by atoms with Crippen molar-refractivity contribution in [1.82, 2.24) is 4.90 Å². The fraction of sp³-hybridized carbons (Fsp3) is 0.571. The molecule has 0 saturated carbocycles. The van der Waals surface area contributed by atoms with Crippen molar-refractivity contribution in [3.05, 3.63) is 18.0 Å². The van der Waals surface area contributed by atoms with E-state index in [4.69, 9.17) is 4.74 Å². The van der Waals surface area contributed by atoms with Crippen molar-refractivity contribution in [2.75, 3.05) is 20.2 Å². The number of aryl methyl sites for hydroxylation is 1. The Labute approximate surface area is 114 Å². The molecular weight excluding hydrogens is 244 g/mol. The van der Waals surface area contributed by atoms with Crippen LogP contribution in [-0.4, -0.2) is 36.1 Å². The second-order valence-corrected chi connectivity index (χ2v) is 4.68. The Kier molecular flexibility index (Phi) is 5.60. The van der Waals surface area contributed by atoms with Crippen LogP contribution >= 0.6 is 0 Å². The minimum absolute atomic E-state index is 0.0552. The standard InChI is InChI=1S/C14H22N2O3/c1-5-6-8-16(4)13(18)10-19-14-11(2)15(3)9-7-12(14)17/h7,9H,5-6,8,10H2,1-4H3/p+1. The van der Waals surface area contributed by atoms with Crippen LogP contribution in [0, 0.1) is 6.92 Å². The molecule has 0 spiro atoms. The van der Waals surface area contributed by atoms with E-state index in [1.165, 1.54) is 0 Å². The molecule has 0 fully saturated rings. The van der Waals surface area contributed by atoms with Gasteiger partial charge in [0.2, 0.25) is 11.4 Å². The maximum atomic E-state index is 11.8. The number of carbonyl (C=O) groups excluding carboxylic acids is 1. The lowest BCUT2D eigenvalue weighted by Crippen LogP contribution is -2.34. The summed E-state index contributed by atoms with van der Waals surface area (Å²) in [6.07, 6.45) is 3.77. The minimum atomic E-state index is -0.0845. The van der Waals surface area contributed by atoms with Crippen LogP contribution in [0.5, 0.6) is 11.5 Å². The van der Waals surface area contributed by atoms with Crippen LogP contribution in [0.15, 0.2) is 12.3 Å². The number of aromatic nitrogens is 1. The van der Waals surface area contributed by atoms with E-state index in [1.54, 1.807) is 24.2 Å². The first-order valence-corrected chi connectivity index (χ1v) is 6.52. The SMILES string of the molecule is CCCCN(C)C(=O)COc1c(O)cc[n+](C)c1C. The molecule has 1 N–H and O–H groups in total. The molecule has 0 aromatic carbocycles. The maximum Gasteiger partial charge on any atom is 0.260 e. The molecule has 1 aromatic heterocycles. The Balaban J connectivity index is 2.62. The summed E-state index contributed by atoms with van der Waals surface area (Å²) >= 11 is 0. The molecule has 1 amide bonds. The third kappa shape index (κ3) is 4.12. The second-order valence-electron chi connectivity index (χ2n) is 4.68. The predicted molar refractivity (Wildman–Crippen MR) is 72.1 cm³/mol. The van der Waals surface area contributed by atoms with Gasteiger partial charge in [-0.05, 0) is 6.42 Å². The average molecular weight is 267 g/mol. The Morgan fingerprint density at radius 1 is 1.53 bits per heavy atom. The van der Waals surface area contributed by atoms with Gasteiger partial charge in [0.05, 0.1) is 0 Å². The molecule has 1 heterocycles. The van der Waals surface area contributed by atoms with Crippen molar-refractivity contribution in [1.29, 1.82) is 0 Å². The zero-order valence-corrected chi connectivity index (χ0v) is 12.1. The number of likely N-dealkylation sites (N-methyl/N-ethyl adjacent to an activating group) is 1. The first kappa shape index (κ1) is 15.3. The molecule has 1 aromatic rings. The summed E-state index contributed by atoms with van der Waals surface area (Å²) in [5.74, 6) is 0.334. The highest BCUT2D eigenvalue weighted by Crippen LogP contribution is 2.26. The number of hydrogen-bond donors (Lipinski definition) is 1. The molecule has 106 valence electrons. The number of aromatic hydroxyl groups is 1. The van der Waals surface area contributed by atoms with E-state index in [1.807, 2.05) is 18.5 Å². The van der Waals surface area contributed by atoms with Crippen molar-refractivity contribution in [2.45, 2.75) is 26.7 Å². The third-order valence-corrected chi connectivity index (χ3v) is 3.16. The highest BCUT2D eigenvalue weighted by Gasteiger charge is 2.17. The molecule has 19 heavy (non-hydrogen) atoms. The number of rotatable bonds is 6. The van der Waals surface area contributed by atoms with E-state index >= 15 is 0 Å². The van der Waals surface area contributed by atoms with Crippen LogP contribution in [0.2, 0.25) is 0 Å². The molecule has 0 aliphatic carbocycles. The van der Waals surface area contributed by atoms with E-state index in [0.717, 1.165) is 25.1 Å². The number of unbranched alkanes of at least 4 members (excludes halogenated alkanes) is 1. The van der Waals surface area contributed by atoms with Crippen LogP contribution in [0.3, 0.4) is 0 Å². The summed E-state index contributed by atoms with van der Waals surface area (Å²) in [7, 11) is 3.62. The smallest absolute Gasteiger partial charge is 0.260 e. The van der Waals surface area contributed by atoms with Gasteiger partial charge in [-0.25, -0.2) is 4.57 Å². The van der Waals surface area contributed by atoms with Gasteiger partial charge in [-0.2, -0.15) is 0 Å². The van der Waals surface area contributed by atoms with Crippen molar-refractivity contribution in [3.8, 4) is 11.5 Å². The second kappa shape index (κ2) is 6.97. The van der Waals surface area contributed by atoms with Gasteiger partial charge in [0.25, 0.3) is 5.91 Å². The molecule has 0 saturated heterocycles. The Morgan fingerprint density at radius 3 is 2.84 bits per heavy atom. The summed E-state index contributed by atoms with van der Waals surface area (Å²) in [6.45, 7) is 4.59. The first-order chi connectivity index (χ1) is 8.97. The van der Waals surface area contributed by atoms with E-state index < -0.39 is 0 Å². The Morgan fingerprint density at radius 2 is 2.21 bits per heavy atom. The van der Waals surface area contributed by atoms with Crippen LogP contribution in [0.1, 0.15) is 25.5 Å². The molecule has 0 bridgehead atoms. The largest absolute Gasteiger partial charge is 0.504 e. The topological polar surface area (TPSA) is 53.7 Å². The fourth-order valence-electron chi connectivity index (χ4n) is 1.66. The summed E-state index contributed by atoms with van der Waals surface area (Å²) in [5.41, 5.74) is 0.781. The molecule has 1 rings (SSSR count). The average Bonchev–Trinajstić information content (AvgIpc) is 2.40. The number of carbonyl (C=O) groups is 1. The van der Waals surface area contributed by atoms with Crippen molar-refractivity contribution in [3.63, 3.8) is 0 Å². The lowest BCUT2D eigenvalue weighted by Gasteiger charge is -2.17. The van der Waals surface area contributed by atoms with Crippen LogP contribution in [0.4, 0.5) is 0 Å². The lowest BCUT2D eigenvalue weighted by atomic mass is 10.3. The first-order valence-electron chi connectivity index (χ1n) is 6.52. The van der Waals surface area contributed by atoms with Gasteiger partial charge in [0.1, 0.15) is 7.05 Å². The normalized spacial score (nSPS) is 10.3. The zero-order chi connectivity index (χ0) is 14.4. The number of pyridine rings is 1. The van der Waals surface area contributed by atoms with Gasteiger partial charge in [0, 0.05) is 26.6 Å². The lowest BCUT2D eigenvalue weighted by molar-refractivity contribution is -0.678. The number of ether oxygens (including phenoxy) is 1. The minimum Gasteiger partial charge on any atom is -0.504 e. The van der Waals surface area contributed by atoms with Crippen LogP contribution < -0.4 is 9.30 Å². The van der Waals surface area contributed by atoms with Gasteiger partial charge >= 0.3 is 0 Å². The van der Waals surface area contributed by atoms with Crippen molar-refractivity contribution >= 4 is 5.91 Å². The van der Waals surface area contributed by atoms with Crippen molar-refractivity contribution < 1.29 is 19.2 Å². The third-order valence-electron chi connectivity index (χ3n) is 3.16. The number of hydrogen-bond acceptors (Lipinski definition) is 3. The van der Waals surface area contributed by atoms with Crippen molar-refractivity contribution in [2.24, 2.45) is 7.05 Å². The van der Waals surface area contributed by atoms with E-state index in [9.17, 15) is 9.90 Å². The van der Waals surface area contributed by atoms with Gasteiger partial charge < -0.3 is 14.7 Å². The van der Waals surface area contributed by atoms with E-state index in [0.29, 0.717) is 5.75 Å². The zero-order valence-electron chi connectivity index (χ0n) is 12.1. The van der Waals surface area contributed by atoms with Crippen LogP contribution in [-0.2, 0) is 11.8 Å². The summed E-state index contributed by atoms with van der Waals surface area (Å²) in [5, 5.41) is 9.75. The van der Waals surface area contributed by atoms with Gasteiger partial charge in [0.15, 0.2) is 18.6 Å². The Hall–Kier alpha value is -1.78. The number of nitrogens with zero attached hydrogens (tertiary/aromatic N) is 2. The van der Waals surface area contributed by atoms with Crippen LogP contribution in [0.25, 0.3) is 0 Å². The molecule has 5 nitrogen and oxygen atoms in total. The summed E-state index contributed by atoms with van der Waals surface area (Å²) in [6, 6.07) is 1.55. The molecule has 0 aliphatic heterocycles. The van der Waals surface area contributed by atoms with Gasteiger partial charge in [-0.3, -0.25) is 4.79 Å². The number of amides is 1.